The average molecular weight is 1340 g/mol. The zero-order valence-electron chi connectivity index (χ0n) is 59.1. The molecule has 19 heteroatoms. The van der Waals surface area contributed by atoms with Crippen LogP contribution >= 0.6 is 15.6 Å². The molecule has 0 rings (SSSR count). The molecule has 0 amide bonds. The molecule has 0 saturated carbocycles. The molecule has 540 valence electrons. The van der Waals surface area contributed by atoms with Gasteiger partial charge >= 0.3 is 39.5 Å². The van der Waals surface area contributed by atoms with Crippen molar-refractivity contribution in [1.29, 1.82) is 0 Å². The number of hydrogen-bond acceptors (Lipinski definition) is 15. The van der Waals surface area contributed by atoms with E-state index in [1.165, 1.54) is 180 Å². The summed E-state index contributed by atoms with van der Waals surface area (Å²) in [5, 5.41) is 10.6. The van der Waals surface area contributed by atoms with E-state index in [0.717, 1.165) is 102 Å². The van der Waals surface area contributed by atoms with Crippen LogP contribution in [0.3, 0.4) is 0 Å². The van der Waals surface area contributed by atoms with Crippen LogP contribution in [0.5, 0.6) is 0 Å². The van der Waals surface area contributed by atoms with E-state index >= 15 is 0 Å². The van der Waals surface area contributed by atoms with Gasteiger partial charge in [0.2, 0.25) is 0 Å². The Morgan fingerprint density at radius 3 is 0.747 bits per heavy atom. The predicted octanol–water partition coefficient (Wildman–Crippen LogP) is 20.8. The number of phosphoric acid groups is 2. The number of aliphatic hydroxyl groups excluding tert-OH is 1. The first kappa shape index (κ1) is 89.1. The quantitative estimate of drug-likeness (QED) is 0.0222. The molecule has 0 aliphatic heterocycles. The summed E-state index contributed by atoms with van der Waals surface area (Å²) in [5.74, 6) is -0.683. The van der Waals surface area contributed by atoms with Crippen molar-refractivity contribution < 1.29 is 80.2 Å². The molecule has 0 aromatic rings. The van der Waals surface area contributed by atoms with Gasteiger partial charge in [-0.2, -0.15) is 0 Å². The largest absolute Gasteiger partial charge is 0.472 e. The Morgan fingerprint density at radius 1 is 0.297 bits per heavy atom. The van der Waals surface area contributed by atoms with E-state index in [9.17, 15) is 43.2 Å². The Morgan fingerprint density at radius 2 is 0.505 bits per heavy atom. The summed E-state index contributed by atoms with van der Waals surface area (Å²) >= 11 is 0. The number of phosphoric ester groups is 2. The number of esters is 4. The summed E-state index contributed by atoms with van der Waals surface area (Å²) in [4.78, 5) is 72.6. The highest BCUT2D eigenvalue weighted by Gasteiger charge is 2.30. The standard InChI is InChI=1S/C72H140O17P2/c1-7-9-11-13-15-17-19-21-22-23-25-27-33-37-45-51-57-71(76)88-67(60-82-69(74)54-48-42-35-31-29-28-30-34-40-46-52-64(3)4)62-86-90(78,79)84-58-66(73)59-85-91(80,81)87-63-68(61-83-70(75)55-49-43-39-38-41-47-53-65(5)6)89-72(77)56-50-44-36-32-26-24-20-18-16-14-12-10-8-2/h64-68,73H,7-63H2,1-6H3,(H,78,79)(H,80,81)/t66-,67-,68-/m1/s1. The van der Waals surface area contributed by atoms with Gasteiger partial charge in [-0.3, -0.25) is 37.3 Å². The number of rotatable bonds is 71. The summed E-state index contributed by atoms with van der Waals surface area (Å²) < 4.78 is 68.3. The zero-order chi connectivity index (χ0) is 67.2. The molecule has 91 heavy (non-hydrogen) atoms. The molecular formula is C72H140O17P2. The molecule has 0 bridgehead atoms. The molecule has 2 unspecified atom stereocenters. The normalized spacial score (nSPS) is 14.1. The Bertz CT molecular complexity index is 1770. The van der Waals surface area contributed by atoms with Gasteiger partial charge in [0.25, 0.3) is 0 Å². The van der Waals surface area contributed by atoms with Gasteiger partial charge in [0.1, 0.15) is 19.3 Å². The summed E-state index contributed by atoms with van der Waals surface area (Å²) in [5.41, 5.74) is 0. The molecule has 5 atom stereocenters. The maximum Gasteiger partial charge on any atom is 0.472 e. The highest BCUT2D eigenvalue weighted by Crippen LogP contribution is 2.45. The molecule has 0 heterocycles. The van der Waals surface area contributed by atoms with Gasteiger partial charge in [-0.25, -0.2) is 9.13 Å². The molecule has 0 radical (unpaired) electrons. The molecule has 3 N–H and O–H groups in total. The SMILES string of the molecule is CCCCCCCCCCCCCCCCCCC(=O)O[C@H](COC(=O)CCCCCCCCCCCCC(C)C)COP(=O)(O)OC[C@@H](O)COP(=O)(O)OC[C@@H](COC(=O)CCCCCCCCC(C)C)OC(=O)CCCCCCCCCCCCCCC. The van der Waals surface area contributed by atoms with Gasteiger partial charge in [-0.05, 0) is 37.5 Å². The number of carbonyl (C=O) groups excluding carboxylic acids is 4. The van der Waals surface area contributed by atoms with Gasteiger partial charge in [0.15, 0.2) is 12.2 Å². The number of unbranched alkanes of at least 4 members (excludes halogenated alkanes) is 41. The number of ether oxygens (including phenoxy) is 4. The molecule has 0 spiro atoms. The zero-order valence-corrected chi connectivity index (χ0v) is 60.9. The van der Waals surface area contributed by atoms with Crippen molar-refractivity contribution in [2.75, 3.05) is 39.6 Å². The van der Waals surface area contributed by atoms with Gasteiger partial charge in [0, 0.05) is 25.7 Å². The van der Waals surface area contributed by atoms with E-state index < -0.39 is 97.5 Å². The fourth-order valence-corrected chi connectivity index (χ4v) is 12.5. The van der Waals surface area contributed by atoms with E-state index in [4.69, 9.17) is 37.0 Å². The van der Waals surface area contributed by atoms with Gasteiger partial charge in [-0.15, -0.1) is 0 Å². The maximum atomic E-state index is 13.0. The van der Waals surface area contributed by atoms with Crippen molar-refractivity contribution >= 4 is 39.5 Å². The lowest BCUT2D eigenvalue weighted by Gasteiger charge is -2.21. The van der Waals surface area contributed by atoms with Gasteiger partial charge in [-0.1, -0.05) is 318 Å². The van der Waals surface area contributed by atoms with Crippen molar-refractivity contribution in [3.8, 4) is 0 Å². The van der Waals surface area contributed by atoms with Crippen LogP contribution in [0.25, 0.3) is 0 Å². The highest BCUT2D eigenvalue weighted by molar-refractivity contribution is 7.47. The van der Waals surface area contributed by atoms with Gasteiger partial charge < -0.3 is 33.8 Å². The second kappa shape index (κ2) is 64.1. The first-order chi connectivity index (χ1) is 43.9. The maximum absolute atomic E-state index is 13.0. The summed E-state index contributed by atoms with van der Waals surface area (Å²) in [6.07, 6.45) is 50.0. The number of carbonyl (C=O) groups is 4. The molecule has 17 nitrogen and oxygen atoms in total. The molecule has 0 aliphatic rings. The lowest BCUT2D eigenvalue weighted by atomic mass is 10.0. The lowest BCUT2D eigenvalue weighted by molar-refractivity contribution is -0.161. The van der Waals surface area contributed by atoms with Crippen LogP contribution < -0.4 is 0 Å². The van der Waals surface area contributed by atoms with Crippen LogP contribution in [0.4, 0.5) is 0 Å². The third-order valence-electron chi connectivity index (χ3n) is 16.7. The second-order valence-corrected chi connectivity index (χ2v) is 29.8. The summed E-state index contributed by atoms with van der Waals surface area (Å²) in [6, 6.07) is 0. The van der Waals surface area contributed by atoms with Crippen LogP contribution in [-0.2, 0) is 65.4 Å². The predicted molar refractivity (Wildman–Crippen MR) is 368 cm³/mol. The second-order valence-electron chi connectivity index (χ2n) is 26.9. The highest BCUT2D eigenvalue weighted by atomic mass is 31.2. The van der Waals surface area contributed by atoms with Crippen molar-refractivity contribution in [3.05, 3.63) is 0 Å². The molecule has 0 aromatic heterocycles. The van der Waals surface area contributed by atoms with E-state index in [2.05, 4.69) is 41.5 Å². The number of aliphatic hydroxyl groups is 1. The fraction of sp³-hybridized carbons (Fsp3) is 0.944. The van der Waals surface area contributed by atoms with Crippen LogP contribution in [0.15, 0.2) is 0 Å². The topological polar surface area (TPSA) is 237 Å². The Labute approximate surface area is 556 Å². The fourth-order valence-electron chi connectivity index (χ4n) is 10.9. The minimum Gasteiger partial charge on any atom is -0.462 e. The Hall–Kier alpha value is -1.94. The van der Waals surface area contributed by atoms with Gasteiger partial charge in [0.05, 0.1) is 26.4 Å². The van der Waals surface area contributed by atoms with Crippen molar-refractivity contribution in [3.63, 3.8) is 0 Å². The smallest absolute Gasteiger partial charge is 0.462 e. The van der Waals surface area contributed by atoms with Crippen molar-refractivity contribution in [2.45, 2.75) is 387 Å². The molecular weight excluding hydrogens is 1200 g/mol. The number of hydrogen-bond donors (Lipinski definition) is 3. The van der Waals surface area contributed by atoms with E-state index in [0.29, 0.717) is 31.6 Å². The van der Waals surface area contributed by atoms with E-state index in [-0.39, 0.29) is 25.7 Å². The molecule has 0 fully saturated rings. The van der Waals surface area contributed by atoms with E-state index in [1.54, 1.807) is 0 Å². The summed E-state index contributed by atoms with van der Waals surface area (Å²) in [7, 11) is -9.90. The first-order valence-electron chi connectivity index (χ1n) is 37.5. The molecule has 0 aliphatic carbocycles. The minimum atomic E-state index is -4.95. The van der Waals surface area contributed by atoms with Crippen molar-refractivity contribution in [1.82, 2.24) is 0 Å². The Kier molecular flexibility index (Phi) is 62.7. The average Bonchev–Trinajstić information content (AvgIpc) is 3.02. The first-order valence-corrected chi connectivity index (χ1v) is 40.5. The lowest BCUT2D eigenvalue weighted by Crippen LogP contribution is -2.30. The van der Waals surface area contributed by atoms with Crippen LogP contribution in [0.2, 0.25) is 0 Å². The van der Waals surface area contributed by atoms with E-state index in [1.807, 2.05) is 0 Å². The van der Waals surface area contributed by atoms with Crippen LogP contribution in [-0.4, -0.2) is 96.7 Å². The minimum absolute atomic E-state index is 0.107. The van der Waals surface area contributed by atoms with Crippen LogP contribution in [0.1, 0.15) is 369 Å². The molecule has 0 saturated heterocycles. The molecule has 0 aromatic carbocycles. The van der Waals surface area contributed by atoms with Crippen LogP contribution in [0, 0.1) is 11.8 Å². The van der Waals surface area contributed by atoms with Crippen molar-refractivity contribution in [2.24, 2.45) is 11.8 Å². The monoisotopic (exact) mass is 1340 g/mol. The third-order valence-corrected chi connectivity index (χ3v) is 18.6. The Balaban J connectivity index is 5.24. The summed E-state index contributed by atoms with van der Waals surface area (Å²) in [6.45, 7) is 9.48. The third kappa shape index (κ3) is 66.5.